The summed E-state index contributed by atoms with van der Waals surface area (Å²) in [5, 5.41) is 0. The number of ketones is 1. The second-order valence-electron chi connectivity index (χ2n) is 6.21. The zero-order valence-electron chi connectivity index (χ0n) is 12.6. The lowest BCUT2D eigenvalue weighted by Crippen LogP contribution is -2.11. The van der Waals surface area contributed by atoms with Crippen molar-refractivity contribution in [3.63, 3.8) is 0 Å². The summed E-state index contributed by atoms with van der Waals surface area (Å²) in [7, 11) is 0. The first-order valence-electron chi connectivity index (χ1n) is 6.92. The Kier molecular flexibility index (Phi) is 4.03. The van der Waals surface area contributed by atoms with Crippen molar-refractivity contribution >= 4 is 5.78 Å². The van der Waals surface area contributed by atoms with E-state index in [0.29, 0.717) is 12.1 Å². The Morgan fingerprint density at radius 3 is 2.25 bits per heavy atom. The number of carbonyl (C=O) groups excluding carboxylic acids is 1. The Labute approximate surface area is 120 Å². The minimum Gasteiger partial charge on any atom is -0.292 e. The van der Waals surface area contributed by atoms with Crippen molar-refractivity contribution in [1.29, 1.82) is 0 Å². The van der Waals surface area contributed by atoms with E-state index in [-0.39, 0.29) is 11.2 Å². The van der Waals surface area contributed by atoms with Crippen LogP contribution in [0.3, 0.4) is 0 Å². The molecule has 1 aromatic heterocycles. The number of nitrogens with zero attached hydrogens (tertiary/aromatic N) is 1. The number of benzene rings is 1. The van der Waals surface area contributed by atoms with Crippen molar-refractivity contribution in [2.24, 2.45) is 0 Å². The van der Waals surface area contributed by atoms with Gasteiger partial charge in [-0.1, -0.05) is 51.1 Å². The van der Waals surface area contributed by atoms with Crippen LogP contribution in [-0.4, -0.2) is 10.8 Å². The Bertz CT molecular complexity index is 606. The molecular formula is C18H21NO. The predicted octanol–water partition coefficient (Wildman–Crippen LogP) is 4.11. The van der Waals surface area contributed by atoms with Crippen LogP contribution in [0, 0.1) is 6.92 Å². The van der Waals surface area contributed by atoms with Gasteiger partial charge in [-0.25, -0.2) is 0 Å². The molecule has 2 nitrogen and oxygen atoms in total. The zero-order valence-corrected chi connectivity index (χ0v) is 12.6. The summed E-state index contributed by atoms with van der Waals surface area (Å²) in [4.78, 5) is 16.5. The lowest BCUT2D eigenvalue weighted by molar-refractivity contribution is 0.0988. The molecule has 2 heteroatoms. The number of Topliss-reactive ketones (excluding diaryl/α,β-unsaturated/α-hetero) is 1. The molecule has 20 heavy (non-hydrogen) atoms. The molecule has 2 aromatic rings. The second kappa shape index (κ2) is 5.58. The predicted molar refractivity (Wildman–Crippen MR) is 82.2 cm³/mol. The summed E-state index contributed by atoms with van der Waals surface area (Å²) in [5.74, 6) is 0.0669. The first kappa shape index (κ1) is 14.4. The van der Waals surface area contributed by atoms with Gasteiger partial charge in [0.25, 0.3) is 0 Å². The molecule has 1 heterocycles. The van der Waals surface area contributed by atoms with E-state index in [2.05, 4.69) is 37.9 Å². The van der Waals surface area contributed by atoms with Gasteiger partial charge in [0.05, 0.1) is 0 Å². The Morgan fingerprint density at radius 1 is 1.05 bits per heavy atom. The van der Waals surface area contributed by atoms with E-state index in [9.17, 15) is 4.79 Å². The van der Waals surface area contributed by atoms with Crippen LogP contribution in [0.5, 0.6) is 0 Å². The molecule has 0 radical (unpaired) electrons. The maximum atomic E-state index is 12.2. The first-order valence-corrected chi connectivity index (χ1v) is 6.92. The fourth-order valence-electron chi connectivity index (χ4n) is 2.10. The summed E-state index contributed by atoms with van der Waals surface area (Å²) < 4.78 is 0. The van der Waals surface area contributed by atoms with E-state index < -0.39 is 0 Å². The van der Waals surface area contributed by atoms with Crippen LogP contribution >= 0.6 is 0 Å². The number of aryl methyl sites for hydroxylation is 1. The van der Waals surface area contributed by atoms with Crippen LogP contribution in [-0.2, 0) is 11.8 Å². The summed E-state index contributed by atoms with van der Waals surface area (Å²) in [6.07, 6.45) is 0.404. The minimum atomic E-state index is 0.0669. The Balaban J connectivity index is 2.12. The maximum Gasteiger partial charge on any atom is 0.185 e. The summed E-state index contributed by atoms with van der Waals surface area (Å²) in [5.41, 5.74) is 3.87. The van der Waals surface area contributed by atoms with Crippen LogP contribution in [0.15, 0.2) is 42.5 Å². The van der Waals surface area contributed by atoms with Gasteiger partial charge in [0.2, 0.25) is 0 Å². The molecule has 0 spiro atoms. The highest BCUT2D eigenvalue weighted by Gasteiger charge is 2.14. The average Bonchev–Trinajstić information content (AvgIpc) is 2.38. The highest BCUT2D eigenvalue weighted by Crippen LogP contribution is 2.22. The number of hydrogen-bond acceptors (Lipinski definition) is 2. The fourth-order valence-corrected chi connectivity index (χ4v) is 2.10. The second-order valence-corrected chi connectivity index (χ2v) is 6.21. The number of rotatable bonds is 3. The molecule has 0 unspecified atom stereocenters. The average molecular weight is 267 g/mol. The highest BCUT2D eigenvalue weighted by atomic mass is 16.1. The van der Waals surface area contributed by atoms with Crippen LogP contribution < -0.4 is 0 Å². The van der Waals surface area contributed by atoms with E-state index in [1.807, 2.05) is 31.2 Å². The van der Waals surface area contributed by atoms with Gasteiger partial charge in [0.15, 0.2) is 5.78 Å². The van der Waals surface area contributed by atoms with Gasteiger partial charge >= 0.3 is 0 Å². The molecular weight excluding hydrogens is 246 g/mol. The first-order chi connectivity index (χ1) is 9.36. The quantitative estimate of drug-likeness (QED) is 0.783. The number of carbonyl (C=O) groups is 1. The van der Waals surface area contributed by atoms with E-state index in [1.165, 1.54) is 5.56 Å². The fraction of sp³-hybridized carbons (Fsp3) is 0.333. The van der Waals surface area contributed by atoms with Crippen LogP contribution in [0.2, 0.25) is 0 Å². The molecule has 0 saturated carbocycles. The molecule has 0 atom stereocenters. The van der Waals surface area contributed by atoms with Crippen molar-refractivity contribution in [2.75, 3.05) is 0 Å². The Morgan fingerprint density at radius 2 is 1.70 bits per heavy atom. The SMILES string of the molecule is Cc1cccc(C(=O)Cc2ccc(C(C)(C)C)cc2)n1. The van der Waals surface area contributed by atoms with Gasteiger partial charge in [0, 0.05) is 12.1 Å². The summed E-state index contributed by atoms with van der Waals surface area (Å²) >= 11 is 0. The topological polar surface area (TPSA) is 30.0 Å². The van der Waals surface area contributed by atoms with Gasteiger partial charge in [-0.2, -0.15) is 0 Å². The standard InChI is InChI=1S/C18H21NO/c1-13-6-5-7-16(19-13)17(20)12-14-8-10-15(11-9-14)18(2,3)4/h5-11H,12H2,1-4H3. The highest BCUT2D eigenvalue weighted by molar-refractivity contribution is 5.95. The molecule has 0 fully saturated rings. The van der Waals surface area contributed by atoms with Gasteiger partial charge in [-0.15, -0.1) is 0 Å². The molecule has 0 aliphatic carbocycles. The summed E-state index contributed by atoms with van der Waals surface area (Å²) in [6.45, 7) is 8.45. The molecule has 0 aliphatic rings. The van der Waals surface area contributed by atoms with Crippen molar-refractivity contribution in [1.82, 2.24) is 4.98 Å². The third-order valence-corrected chi connectivity index (χ3v) is 3.36. The van der Waals surface area contributed by atoms with Crippen molar-refractivity contribution in [3.8, 4) is 0 Å². The van der Waals surface area contributed by atoms with Crippen molar-refractivity contribution in [2.45, 2.75) is 39.5 Å². The molecule has 0 N–H and O–H groups in total. The van der Waals surface area contributed by atoms with Crippen LogP contribution in [0.25, 0.3) is 0 Å². The molecule has 1 aromatic carbocycles. The van der Waals surface area contributed by atoms with E-state index >= 15 is 0 Å². The van der Waals surface area contributed by atoms with Crippen molar-refractivity contribution < 1.29 is 4.79 Å². The van der Waals surface area contributed by atoms with Crippen molar-refractivity contribution in [3.05, 3.63) is 65.0 Å². The molecule has 0 bridgehead atoms. The van der Waals surface area contributed by atoms with Gasteiger partial charge < -0.3 is 0 Å². The van der Waals surface area contributed by atoms with Gasteiger partial charge in [-0.3, -0.25) is 9.78 Å². The Hall–Kier alpha value is -1.96. The maximum absolute atomic E-state index is 12.2. The normalized spacial score (nSPS) is 11.4. The third-order valence-electron chi connectivity index (χ3n) is 3.36. The van der Waals surface area contributed by atoms with Gasteiger partial charge in [-0.05, 0) is 35.6 Å². The number of pyridine rings is 1. The smallest absolute Gasteiger partial charge is 0.185 e. The molecule has 104 valence electrons. The lowest BCUT2D eigenvalue weighted by atomic mass is 9.86. The number of hydrogen-bond donors (Lipinski definition) is 0. The third kappa shape index (κ3) is 3.53. The molecule has 0 saturated heterocycles. The number of aromatic nitrogens is 1. The molecule has 0 aliphatic heterocycles. The van der Waals surface area contributed by atoms with E-state index in [4.69, 9.17) is 0 Å². The van der Waals surface area contributed by atoms with E-state index in [0.717, 1.165) is 11.3 Å². The van der Waals surface area contributed by atoms with Crippen LogP contribution in [0.1, 0.15) is 48.1 Å². The molecule has 2 rings (SSSR count). The zero-order chi connectivity index (χ0) is 14.8. The minimum absolute atomic E-state index is 0.0669. The monoisotopic (exact) mass is 267 g/mol. The van der Waals surface area contributed by atoms with E-state index in [1.54, 1.807) is 6.07 Å². The van der Waals surface area contributed by atoms with Crippen LogP contribution in [0.4, 0.5) is 0 Å². The lowest BCUT2D eigenvalue weighted by Gasteiger charge is -2.19. The summed E-state index contributed by atoms with van der Waals surface area (Å²) in [6, 6.07) is 13.8. The largest absolute Gasteiger partial charge is 0.292 e. The van der Waals surface area contributed by atoms with Gasteiger partial charge in [0.1, 0.15) is 5.69 Å². The molecule has 0 amide bonds.